The van der Waals surface area contributed by atoms with E-state index in [9.17, 15) is 9.59 Å². The molecule has 0 saturated heterocycles. The van der Waals surface area contributed by atoms with Crippen molar-refractivity contribution in [1.82, 2.24) is 5.32 Å². The Kier molecular flexibility index (Phi) is 7.26. The quantitative estimate of drug-likeness (QED) is 0.751. The monoisotopic (exact) mass is 333 g/mol. The smallest absolute Gasteiger partial charge is 0.326 e. The molecule has 2 N–H and O–H groups in total. The maximum absolute atomic E-state index is 12.1. The van der Waals surface area contributed by atoms with Gasteiger partial charge in [0.2, 0.25) is 0 Å². The first kappa shape index (κ1) is 17.2. The van der Waals surface area contributed by atoms with Crippen LogP contribution in [0, 0.1) is 0 Å². The van der Waals surface area contributed by atoms with E-state index in [4.69, 9.17) is 16.7 Å². The zero-order valence-electron chi connectivity index (χ0n) is 11.2. The van der Waals surface area contributed by atoms with Gasteiger partial charge in [0.25, 0.3) is 5.91 Å². The van der Waals surface area contributed by atoms with E-state index < -0.39 is 17.9 Å². The number of carboxylic acids is 1. The number of carboxylic acid groups (broad SMARTS) is 1. The van der Waals surface area contributed by atoms with E-state index in [0.29, 0.717) is 22.8 Å². The Bertz CT molecular complexity index is 497. The average molecular weight is 334 g/mol. The molecule has 1 aromatic rings. The van der Waals surface area contributed by atoms with Crippen LogP contribution in [0.3, 0.4) is 0 Å². The lowest BCUT2D eigenvalue weighted by Gasteiger charge is -2.15. The first-order valence-corrected chi connectivity index (χ1v) is 8.85. The maximum Gasteiger partial charge on any atom is 0.326 e. The van der Waals surface area contributed by atoms with Crippen molar-refractivity contribution in [2.24, 2.45) is 0 Å². The van der Waals surface area contributed by atoms with E-state index in [-0.39, 0.29) is 0 Å². The Labute approximate surface area is 131 Å². The molecule has 0 spiro atoms. The highest BCUT2D eigenvalue weighted by Gasteiger charge is 2.21. The van der Waals surface area contributed by atoms with Gasteiger partial charge in [-0.05, 0) is 42.9 Å². The third-order valence-electron chi connectivity index (χ3n) is 2.63. The topological polar surface area (TPSA) is 66.4 Å². The highest BCUT2D eigenvalue weighted by atomic mass is 35.5. The number of hydrogen-bond acceptors (Lipinski definition) is 4. The van der Waals surface area contributed by atoms with Gasteiger partial charge in [0.1, 0.15) is 6.04 Å². The van der Waals surface area contributed by atoms with E-state index in [1.54, 1.807) is 12.1 Å². The van der Waals surface area contributed by atoms with Crippen LogP contribution in [0.4, 0.5) is 0 Å². The van der Waals surface area contributed by atoms with Crippen molar-refractivity contribution < 1.29 is 14.7 Å². The van der Waals surface area contributed by atoms with Crippen LogP contribution in [0.5, 0.6) is 0 Å². The van der Waals surface area contributed by atoms with Crippen molar-refractivity contribution in [3.05, 3.63) is 28.8 Å². The highest BCUT2D eigenvalue weighted by molar-refractivity contribution is 7.98. The number of halogens is 1. The molecule has 0 fully saturated rings. The molecule has 0 aliphatic heterocycles. The molecule has 1 rings (SSSR count). The number of thioether (sulfide) groups is 2. The number of hydrogen-bond donors (Lipinski definition) is 2. The number of rotatable bonds is 7. The second-order valence-corrected chi connectivity index (χ2v) is 6.26. The third-order valence-corrected chi connectivity index (χ3v) is 4.33. The molecule has 1 atom stereocenters. The molecular formula is C13H16ClNO3S2. The molecule has 1 aromatic carbocycles. The molecule has 0 aromatic heterocycles. The zero-order valence-corrected chi connectivity index (χ0v) is 13.6. The van der Waals surface area contributed by atoms with Gasteiger partial charge in [-0.3, -0.25) is 4.79 Å². The second-order valence-electron chi connectivity index (χ2n) is 3.99. The predicted molar refractivity (Wildman–Crippen MR) is 85.1 cm³/mol. The van der Waals surface area contributed by atoms with Crippen LogP contribution in [0.15, 0.2) is 23.1 Å². The van der Waals surface area contributed by atoms with Crippen LogP contribution >= 0.6 is 35.1 Å². The van der Waals surface area contributed by atoms with Gasteiger partial charge >= 0.3 is 5.97 Å². The zero-order chi connectivity index (χ0) is 15.1. The largest absolute Gasteiger partial charge is 0.480 e. The highest BCUT2D eigenvalue weighted by Crippen LogP contribution is 2.23. The summed E-state index contributed by atoms with van der Waals surface area (Å²) in [5.41, 5.74) is 0.300. The Balaban J connectivity index is 2.85. The standard InChI is InChI=1S/C13H16ClNO3S2/c1-19-6-5-11(13(17)18)15-12(16)9-7-8(20-2)3-4-10(9)14/h3-4,7,11H,5-6H2,1-2H3,(H,15,16)(H,17,18)/t11-/m0/s1. The molecule has 0 bridgehead atoms. The molecule has 0 unspecified atom stereocenters. The lowest BCUT2D eigenvalue weighted by atomic mass is 10.1. The van der Waals surface area contributed by atoms with Crippen LogP contribution in [0.25, 0.3) is 0 Å². The van der Waals surface area contributed by atoms with Crippen LogP contribution < -0.4 is 5.32 Å². The minimum Gasteiger partial charge on any atom is -0.480 e. The first-order valence-electron chi connectivity index (χ1n) is 5.85. The van der Waals surface area contributed by atoms with Gasteiger partial charge < -0.3 is 10.4 Å². The van der Waals surface area contributed by atoms with Gasteiger partial charge in [0, 0.05) is 4.90 Å². The van der Waals surface area contributed by atoms with Crippen molar-refractivity contribution in [1.29, 1.82) is 0 Å². The summed E-state index contributed by atoms with van der Waals surface area (Å²) in [4.78, 5) is 24.2. The van der Waals surface area contributed by atoms with Crippen LogP contribution in [0.1, 0.15) is 16.8 Å². The molecule has 4 nitrogen and oxygen atoms in total. The van der Waals surface area contributed by atoms with Crippen molar-refractivity contribution in [2.45, 2.75) is 17.4 Å². The molecule has 0 saturated carbocycles. The van der Waals surface area contributed by atoms with Gasteiger partial charge in [0.05, 0.1) is 10.6 Å². The fraction of sp³-hybridized carbons (Fsp3) is 0.385. The Morgan fingerprint density at radius 2 is 2.10 bits per heavy atom. The summed E-state index contributed by atoms with van der Waals surface area (Å²) in [6.45, 7) is 0. The molecule has 110 valence electrons. The fourth-order valence-corrected chi connectivity index (χ4v) is 2.65. The predicted octanol–water partition coefficient (Wildman–Crippen LogP) is 3.00. The average Bonchev–Trinajstić information content (AvgIpc) is 2.43. The van der Waals surface area contributed by atoms with Gasteiger partial charge in [-0.1, -0.05) is 11.6 Å². The van der Waals surface area contributed by atoms with E-state index in [1.165, 1.54) is 23.5 Å². The lowest BCUT2D eigenvalue weighted by Crippen LogP contribution is -2.41. The van der Waals surface area contributed by atoms with E-state index >= 15 is 0 Å². The van der Waals surface area contributed by atoms with Crippen LogP contribution in [-0.4, -0.2) is 41.3 Å². The van der Waals surface area contributed by atoms with Crippen LogP contribution in [-0.2, 0) is 4.79 Å². The molecule has 20 heavy (non-hydrogen) atoms. The minimum atomic E-state index is -1.04. The molecule has 7 heteroatoms. The maximum atomic E-state index is 12.1. The van der Waals surface area contributed by atoms with E-state index in [2.05, 4.69) is 5.32 Å². The molecule has 0 heterocycles. The lowest BCUT2D eigenvalue weighted by molar-refractivity contribution is -0.139. The SMILES string of the molecule is CSCC[C@H](NC(=O)c1cc(SC)ccc1Cl)C(=O)O. The summed E-state index contributed by atoms with van der Waals surface area (Å²) in [6.07, 6.45) is 4.16. The molecule has 0 radical (unpaired) electrons. The number of benzene rings is 1. The molecule has 0 aliphatic rings. The number of aliphatic carboxylic acids is 1. The summed E-state index contributed by atoms with van der Waals surface area (Å²) in [7, 11) is 0. The summed E-state index contributed by atoms with van der Waals surface area (Å²) in [6, 6.07) is 4.21. The Morgan fingerprint density at radius 1 is 1.40 bits per heavy atom. The van der Waals surface area contributed by atoms with Crippen molar-refractivity contribution in [3.8, 4) is 0 Å². The van der Waals surface area contributed by atoms with Gasteiger partial charge in [-0.2, -0.15) is 11.8 Å². The minimum absolute atomic E-state index is 0.300. The summed E-state index contributed by atoms with van der Waals surface area (Å²) >= 11 is 9.02. The number of nitrogens with one attached hydrogen (secondary N) is 1. The van der Waals surface area contributed by atoms with Gasteiger partial charge in [-0.15, -0.1) is 11.8 Å². The Morgan fingerprint density at radius 3 is 2.65 bits per heavy atom. The van der Waals surface area contributed by atoms with Crippen LogP contribution in [0.2, 0.25) is 5.02 Å². The van der Waals surface area contributed by atoms with Crippen molar-refractivity contribution in [2.75, 3.05) is 18.3 Å². The third kappa shape index (κ3) is 4.92. The van der Waals surface area contributed by atoms with E-state index in [0.717, 1.165) is 4.90 Å². The van der Waals surface area contributed by atoms with Gasteiger partial charge in [-0.25, -0.2) is 4.79 Å². The normalized spacial score (nSPS) is 11.9. The van der Waals surface area contributed by atoms with E-state index in [1.807, 2.05) is 18.6 Å². The van der Waals surface area contributed by atoms with Gasteiger partial charge in [0.15, 0.2) is 0 Å². The molecule has 0 aliphatic carbocycles. The molecule has 1 amide bonds. The summed E-state index contributed by atoms with van der Waals surface area (Å²) in [5, 5.41) is 11.9. The Hall–Kier alpha value is -0.850. The number of carbonyl (C=O) groups excluding carboxylic acids is 1. The second kappa shape index (κ2) is 8.44. The van der Waals surface area contributed by atoms with Crippen molar-refractivity contribution in [3.63, 3.8) is 0 Å². The van der Waals surface area contributed by atoms with Crippen molar-refractivity contribution >= 4 is 47.0 Å². The number of carbonyl (C=O) groups is 2. The molecular weight excluding hydrogens is 318 g/mol. The summed E-state index contributed by atoms with van der Waals surface area (Å²) in [5.74, 6) is -0.834. The summed E-state index contributed by atoms with van der Waals surface area (Å²) < 4.78 is 0. The first-order chi connectivity index (χ1) is 9.49. The number of amides is 1. The fourth-order valence-electron chi connectivity index (χ4n) is 1.53.